The van der Waals surface area contributed by atoms with Crippen LogP contribution in [-0.2, 0) is 41.6 Å². The van der Waals surface area contributed by atoms with E-state index in [2.05, 4.69) is 25.8 Å². The molecule has 1 saturated heterocycles. The van der Waals surface area contributed by atoms with Crippen molar-refractivity contribution >= 4 is 63.9 Å². The molecule has 0 bridgehead atoms. The van der Waals surface area contributed by atoms with Crippen LogP contribution in [0.1, 0.15) is 51.1 Å². The fourth-order valence-electron chi connectivity index (χ4n) is 5.28. The molecule has 2 aliphatic heterocycles. The van der Waals surface area contributed by atoms with E-state index in [4.69, 9.17) is 19.9 Å². The lowest BCUT2D eigenvalue weighted by Crippen LogP contribution is -2.70. The fourth-order valence-corrected chi connectivity index (χ4v) is 8.23. The molecule has 2 amide bonds. The summed E-state index contributed by atoms with van der Waals surface area (Å²) in [5, 5.41) is 16.8. The molecule has 4 heterocycles. The van der Waals surface area contributed by atoms with Crippen LogP contribution in [0.15, 0.2) is 21.8 Å². The Bertz CT molecular complexity index is 1480. The van der Waals surface area contributed by atoms with Gasteiger partial charge in [0.2, 0.25) is 11.1 Å². The van der Waals surface area contributed by atoms with E-state index in [1.807, 2.05) is 19.0 Å². The van der Waals surface area contributed by atoms with E-state index >= 15 is 0 Å². The number of rotatable bonds is 14. The van der Waals surface area contributed by atoms with Crippen molar-refractivity contribution in [3.63, 3.8) is 0 Å². The third-order valence-electron chi connectivity index (χ3n) is 7.72. The molecule has 1 saturated carbocycles. The van der Waals surface area contributed by atoms with Gasteiger partial charge in [0.25, 0.3) is 12.2 Å². The number of hydrogen-bond donors (Lipinski definition) is 2. The zero-order valence-corrected chi connectivity index (χ0v) is 28.9. The molecule has 19 heteroatoms. The number of carbonyl (C=O) groups is 4. The molecule has 3 atom stereocenters. The summed E-state index contributed by atoms with van der Waals surface area (Å²) in [4.78, 5) is 60.0. The van der Waals surface area contributed by atoms with Crippen molar-refractivity contribution in [3.8, 4) is 0 Å². The van der Waals surface area contributed by atoms with Crippen LogP contribution < -0.4 is 11.1 Å². The lowest BCUT2D eigenvalue weighted by Gasteiger charge is -2.49. The Morgan fingerprint density at radius 1 is 1.21 bits per heavy atom. The first-order valence-electron chi connectivity index (χ1n) is 15.4. The van der Waals surface area contributed by atoms with Gasteiger partial charge in [-0.1, -0.05) is 25.1 Å². The topological polar surface area (TPSA) is 197 Å². The lowest BCUT2D eigenvalue weighted by molar-refractivity contribution is -0.173. The van der Waals surface area contributed by atoms with E-state index in [0.29, 0.717) is 39.6 Å². The Hall–Kier alpha value is -3.42. The number of anilines is 1. The Labute approximate surface area is 284 Å². The van der Waals surface area contributed by atoms with Crippen LogP contribution >= 0.6 is 34.9 Å². The van der Waals surface area contributed by atoms with Crippen LogP contribution in [0.4, 0.5) is 9.93 Å². The smallest absolute Gasteiger partial charge is 0.431 e. The van der Waals surface area contributed by atoms with E-state index in [-0.39, 0.29) is 30.5 Å². The Kier molecular flexibility index (Phi) is 12.0. The number of thiazole rings is 1. The molecule has 2 aromatic rings. The Morgan fingerprint density at radius 3 is 2.70 bits per heavy atom. The van der Waals surface area contributed by atoms with Crippen LogP contribution in [0.3, 0.4) is 0 Å². The fraction of sp³-hybridized carbons (Fsp3) is 0.643. The highest BCUT2D eigenvalue weighted by Crippen LogP contribution is 2.42. The highest BCUT2D eigenvalue weighted by atomic mass is 32.2. The maximum atomic E-state index is 13.8. The van der Waals surface area contributed by atoms with Crippen molar-refractivity contribution in [2.75, 3.05) is 37.9 Å². The number of hydrogen-bond acceptors (Lipinski definition) is 16. The summed E-state index contributed by atoms with van der Waals surface area (Å²) in [6.45, 7) is 3.00. The van der Waals surface area contributed by atoms with E-state index < -0.39 is 35.7 Å². The number of amides is 2. The maximum absolute atomic E-state index is 13.8. The van der Waals surface area contributed by atoms with E-state index in [9.17, 15) is 19.2 Å². The first-order chi connectivity index (χ1) is 22.6. The predicted octanol–water partition coefficient (Wildman–Crippen LogP) is 2.03. The molecule has 2 fully saturated rings. The molecule has 3 N–H and O–H groups in total. The minimum Gasteiger partial charge on any atom is -0.431 e. The van der Waals surface area contributed by atoms with E-state index in [1.165, 1.54) is 39.8 Å². The summed E-state index contributed by atoms with van der Waals surface area (Å²) >= 11 is 3.98. The zero-order chi connectivity index (χ0) is 33.5. The highest BCUT2D eigenvalue weighted by molar-refractivity contribution is 8.01. The molecule has 16 nitrogen and oxygen atoms in total. The molecule has 0 radical (unpaired) electrons. The molecular formula is C28H39N9O7S3. The average molecular weight is 710 g/mol. The number of ether oxygens (including phenoxy) is 3. The van der Waals surface area contributed by atoms with Gasteiger partial charge in [-0.3, -0.25) is 14.5 Å². The van der Waals surface area contributed by atoms with Crippen molar-refractivity contribution < 1.29 is 33.4 Å². The SMILES string of the molecule is CCC(OC(=O)OC1CCCCC1)OC(=O)C1=C(CSc2nnnn2CCN(C)C)CS[C@@H]2[C@H](NC(=O)Cc3csc(N)n3)C(=O)N12. The summed E-state index contributed by atoms with van der Waals surface area (Å²) < 4.78 is 18.2. The van der Waals surface area contributed by atoms with Gasteiger partial charge in [0.05, 0.1) is 18.7 Å². The predicted molar refractivity (Wildman–Crippen MR) is 174 cm³/mol. The maximum Gasteiger partial charge on any atom is 0.511 e. The van der Waals surface area contributed by atoms with Crippen LogP contribution in [0.2, 0.25) is 0 Å². The summed E-state index contributed by atoms with van der Waals surface area (Å²) in [7, 11) is 3.90. The number of tetrazole rings is 1. The largest absolute Gasteiger partial charge is 0.511 e. The van der Waals surface area contributed by atoms with E-state index in [1.54, 1.807) is 17.0 Å². The van der Waals surface area contributed by atoms with Gasteiger partial charge in [-0.05, 0) is 55.8 Å². The monoisotopic (exact) mass is 709 g/mol. The number of aromatic nitrogens is 5. The van der Waals surface area contributed by atoms with Gasteiger partial charge in [0.1, 0.15) is 23.2 Å². The van der Waals surface area contributed by atoms with E-state index in [0.717, 1.165) is 38.6 Å². The quantitative estimate of drug-likeness (QED) is 0.125. The first kappa shape index (κ1) is 34.9. The molecular weight excluding hydrogens is 671 g/mol. The molecule has 256 valence electrons. The Balaban J connectivity index is 1.29. The van der Waals surface area contributed by atoms with Gasteiger partial charge in [0, 0.05) is 29.9 Å². The minimum atomic E-state index is -1.22. The van der Waals surface area contributed by atoms with Crippen molar-refractivity contribution in [1.29, 1.82) is 0 Å². The second-order valence-corrected chi connectivity index (χ2v) is 14.5. The second kappa shape index (κ2) is 16.1. The standard InChI is InChI=1S/C28H39N9O7S3/c1-4-20(44-28(41)42-18-8-6-5-7-9-18)43-25(40)22-16(14-47-27-32-33-34-36(27)11-10-35(2)3)13-45-24-21(23(39)37(22)24)31-19(38)12-17-15-46-26(29)30-17/h15,18,20-21,24H,4-14H2,1-3H3,(H2,29,30)(H,31,38)/t20?,21-,24-/m1/s1. The number of thioether (sulfide) groups is 2. The van der Waals surface area contributed by atoms with Crippen LogP contribution in [0.5, 0.6) is 0 Å². The number of likely N-dealkylation sites (N-methyl/N-ethyl adjacent to an activating group) is 1. The van der Waals surface area contributed by atoms with Crippen molar-refractivity contribution in [2.45, 2.75) is 87.4 Å². The van der Waals surface area contributed by atoms with Crippen LogP contribution in [-0.4, -0.2) is 115 Å². The third-order valence-corrected chi connectivity index (χ3v) is 10.8. The minimum absolute atomic E-state index is 0.0312. The number of carbonyl (C=O) groups excluding carboxylic acids is 4. The van der Waals surface area contributed by atoms with Crippen LogP contribution in [0.25, 0.3) is 0 Å². The number of nitrogen functional groups attached to an aromatic ring is 1. The summed E-state index contributed by atoms with van der Waals surface area (Å²) in [6.07, 6.45) is 2.40. The van der Waals surface area contributed by atoms with Gasteiger partial charge < -0.3 is 30.2 Å². The van der Waals surface area contributed by atoms with Gasteiger partial charge in [0.15, 0.2) is 5.13 Å². The zero-order valence-electron chi connectivity index (χ0n) is 26.5. The summed E-state index contributed by atoms with van der Waals surface area (Å²) in [5.74, 6) is -0.985. The molecule has 1 aliphatic carbocycles. The summed E-state index contributed by atoms with van der Waals surface area (Å²) in [6, 6.07) is -0.845. The number of nitrogens with one attached hydrogen (secondary N) is 1. The molecule has 5 rings (SSSR count). The number of nitrogens with two attached hydrogens (primary N) is 1. The molecule has 0 spiro atoms. The summed E-state index contributed by atoms with van der Waals surface area (Å²) in [5.41, 5.74) is 6.86. The van der Waals surface area contributed by atoms with Crippen LogP contribution in [0, 0.1) is 0 Å². The Morgan fingerprint density at radius 2 is 2.00 bits per heavy atom. The van der Waals surface area contributed by atoms with Gasteiger partial charge in [-0.15, -0.1) is 28.2 Å². The van der Waals surface area contributed by atoms with Crippen molar-refractivity contribution in [1.82, 2.24) is 40.3 Å². The molecule has 47 heavy (non-hydrogen) atoms. The highest BCUT2D eigenvalue weighted by Gasteiger charge is 2.54. The van der Waals surface area contributed by atoms with Gasteiger partial charge >= 0.3 is 12.1 Å². The third kappa shape index (κ3) is 8.94. The number of nitrogens with zero attached hydrogens (tertiary/aromatic N) is 7. The average Bonchev–Trinajstić information content (AvgIpc) is 3.68. The first-order valence-corrected chi connectivity index (χ1v) is 18.3. The van der Waals surface area contributed by atoms with Gasteiger partial charge in [-0.2, -0.15) is 0 Å². The molecule has 0 aromatic carbocycles. The molecule has 2 aromatic heterocycles. The van der Waals surface area contributed by atoms with Crippen molar-refractivity contribution in [2.24, 2.45) is 0 Å². The number of fused-ring (bicyclic) bond motifs is 1. The number of β-lactam (4-membered cyclic amide) rings is 1. The second-order valence-electron chi connectivity index (χ2n) is 11.5. The normalized spacial score (nSPS) is 20.4. The number of esters is 1. The molecule has 3 aliphatic rings. The molecule has 1 unspecified atom stereocenters. The van der Waals surface area contributed by atoms with Gasteiger partial charge in [-0.25, -0.2) is 19.3 Å². The van der Waals surface area contributed by atoms with Crippen molar-refractivity contribution in [3.05, 3.63) is 22.3 Å². The lowest BCUT2D eigenvalue weighted by atomic mass is 9.98.